The Morgan fingerprint density at radius 2 is 1.96 bits per heavy atom. The number of hydrogen-bond acceptors (Lipinski definition) is 3. The Hall–Kier alpha value is -1.68. The van der Waals surface area contributed by atoms with Crippen LogP contribution in [-0.4, -0.2) is 4.98 Å². The average molecular weight is 343 g/mol. The fourth-order valence-electron chi connectivity index (χ4n) is 2.37. The minimum Gasteiger partial charge on any atom is -0.305 e. The van der Waals surface area contributed by atoms with Crippen LogP contribution in [0.1, 0.15) is 29.8 Å². The second-order valence-electron chi connectivity index (χ2n) is 5.67. The van der Waals surface area contributed by atoms with Gasteiger partial charge in [-0.1, -0.05) is 53.6 Å². The summed E-state index contributed by atoms with van der Waals surface area (Å²) in [6, 6.07) is 16.7. The van der Waals surface area contributed by atoms with E-state index in [0.717, 1.165) is 22.3 Å². The molecule has 1 heterocycles. The van der Waals surface area contributed by atoms with E-state index in [1.807, 2.05) is 18.2 Å². The Morgan fingerprint density at radius 3 is 2.70 bits per heavy atom. The van der Waals surface area contributed by atoms with Crippen LogP contribution < -0.4 is 5.32 Å². The van der Waals surface area contributed by atoms with Gasteiger partial charge in [0.25, 0.3) is 0 Å². The van der Waals surface area contributed by atoms with Crippen LogP contribution in [0.4, 0.5) is 0 Å². The molecule has 3 aromatic rings. The van der Waals surface area contributed by atoms with Gasteiger partial charge in [-0.3, -0.25) is 0 Å². The minimum atomic E-state index is 0.234. The minimum absolute atomic E-state index is 0.234. The van der Waals surface area contributed by atoms with Gasteiger partial charge in [0.2, 0.25) is 0 Å². The molecule has 23 heavy (non-hydrogen) atoms. The van der Waals surface area contributed by atoms with E-state index in [4.69, 9.17) is 16.6 Å². The summed E-state index contributed by atoms with van der Waals surface area (Å²) in [6.07, 6.45) is 0. The van der Waals surface area contributed by atoms with Crippen LogP contribution in [-0.2, 0) is 6.54 Å². The summed E-state index contributed by atoms with van der Waals surface area (Å²) in [7, 11) is 0. The van der Waals surface area contributed by atoms with Crippen molar-refractivity contribution in [3.63, 3.8) is 0 Å². The lowest BCUT2D eigenvalue weighted by molar-refractivity contribution is 0.569. The second-order valence-corrected chi connectivity index (χ2v) is 6.96. The molecule has 0 aliphatic heterocycles. The molecule has 3 rings (SSSR count). The molecule has 0 bridgehead atoms. The number of halogens is 1. The molecule has 0 fully saturated rings. The quantitative estimate of drug-likeness (QED) is 0.650. The van der Waals surface area contributed by atoms with Crippen LogP contribution in [0.15, 0.2) is 53.9 Å². The van der Waals surface area contributed by atoms with Crippen LogP contribution in [0.3, 0.4) is 0 Å². The molecule has 2 aromatic carbocycles. The molecule has 0 saturated carbocycles. The van der Waals surface area contributed by atoms with Crippen molar-refractivity contribution in [3.8, 4) is 10.6 Å². The third-order valence-electron chi connectivity index (χ3n) is 3.79. The van der Waals surface area contributed by atoms with Gasteiger partial charge in [0.05, 0.1) is 5.69 Å². The number of nitrogens with zero attached hydrogens (tertiary/aromatic N) is 1. The van der Waals surface area contributed by atoms with Crippen molar-refractivity contribution in [2.24, 2.45) is 0 Å². The van der Waals surface area contributed by atoms with E-state index in [1.165, 1.54) is 16.7 Å². The molecule has 1 aromatic heterocycles. The van der Waals surface area contributed by atoms with Crippen molar-refractivity contribution < 1.29 is 0 Å². The molecule has 0 spiro atoms. The maximum Gasteiger partial charge on any atom is 0.123 e. The second kappa shape index (κ2) is 7.26. The maximum absolute atomic E-state index is 6.05. The first-order valence-corrected chi connectivity index (χ1v) is 8.88. The van der Waals surface area contributed by atoms with Crippen molar-refractivity contribution in [3.05, 3.63) is 75.8 Å². The summed E-state index contributed by atoms with van der Waals surface area (Å²) in [6.45, 7) is 4.98. The summed E-state index contributed by atoms with van der Waals surface area (Å²) in [5.74, 6) is 0. The van der Waals surface area contributed by atoms with Gasteiger partial charge in [0.15, 0.2) is 0 Å². The van der Waals surface area contributed by atoms with Crippen molar-refractivity contribution in [1.29, 1.82) is 0 Å². The van der Waals surface area contributed by atoms with Gasteiger partial charge < -0.3 is 5.32 Å². The molecule has 0 saturated heterocycles. The average Bonchev–Trinajstić information content (AvgIpc) is 3.02. The first kappa shape index (κ1) is 16.2. The Labute approximate surface area is 146 Å². The van der Waals surface area contributed by atoms with Gasteiger partial charge in [-0.05, 0) is 31.5 Å². The highest BCUT2D eigenvalue weighted by atomic mass is 35.5. The van der Waals surface area contributed by atoms with E-state index in [2.05, 4.69) is 54.9 Å². The third kappa shape index (κ3) is 4.20. The number of aryl methyl sites for hydroxylation is 1. The molecular weight excluding hydrogens is 324 g/mol. The van der Waals surface area contributed by atoms with Gasteiger partial charge in [-0.2, -0.15) is 0 Å². The first-order chi connectivity index (χ1) is 11.1. The van der Waals surface area contributed by atoms with E-state index in [0.29, 0.717) is 0 Å². The Bertz CT molecular complexity index is 780. The van der Waals surface area contributed by atoms with E-state index in [-0.39, 0.29) is 6.04 Å². The van der Waals surface area contributed by atoms with Gasteiger partial charge in [0.1, 0.15) is 5.01 Å². The number of nitrogens with one attached hydrogen (secondary N) is 1. The predicted octanol–water partition coefficient (Wildman–Crippen LogP) is 5.62. The maximum atomic E-state index is 6.05. The summed E-state index contributed by atoms with van der Waals surface area (Å²) in [5.41, 5.74) is 4.70. The molecule has 1 N–H and O–H groups in total. The van der Waals surface area contributed by atoms with E-state index in [1.54, 1.807) is 11.3 Å². The number of hydrogen-bond donors (Lipinski definition) is 1. The Kier molecular flexibility index (Phi) is 5.11. The highest BCUT2D eigenvalue weighted by Crippen LogP contribution is 2.24. The van der Waals surface area contributed by atoms with Crippen LogP contribution >= 0.6 is 22.9 Å². The van der Waals surface area contributed by atoms with E-state index >= 15 is 0 Å². The van der Waals surface area contributed by atoms with Crippen molar-refractivity contribution >= 4 is 22.9 Å². The van der Waals surface area contributed by atoms with Crippen LogP contribution in [0.25, 0.3) is 10.6 Å². The molecule has 4 heteroatoms. The van der Waals surface area contributed by atoms with Gasteiger partial charge in [0, 0.05) is 28.6 Å². The highest BCUT2D eigenvalue weighted by Gasteiger charge is 2.08. The summed E-state index contributed by atoms with van der Waals surface area (Å²) < 4.78 is 0. The zero-order valence-electron chi connectivity index (χ0n) is 13.2. The summed E-state index contributed by atoms with van der Waals surface area (Å²) in [4.78, 5) is 4.72. The topological polar surface area (TPSA) is 24.9 Å². The van der Waals surface area contributed by atoms with Gasteiger partial charge >= 0.3 is 0 Å². The summed E-state index contributed by atoms with van der Waals surface area (Å²) >= 11 is 7.74. The molecule has 2 nitrogen and oxygen atoms in total. The van der Waals surface area contributed by atoms with E-state index < -0.39 is 0 Å². The highest BCUT2D eigenvalue weighted by molar-refractivity contribution is 7.13. The fourth-order valence-corrected chi connectivity index (χ4v) is 3.39. The normalized spacial score (nSPS) is 12.3. The molecular formula is C19H19ClN2S. The zero-order chi connectivity index (χ0) is 16.2. The fraction of sp³-hybridized carbons (Fsp3) is 0.211. The van der Waals surface area contributed by atoms with Gasteiger partial charge in [-0.15, -0.1) is 11.3 Å². The van der Waals surface area contributed by atoms with E-state index in [9.17, 15) is 0 Å². The van der Waals surface area contributed by atoms with Crippen LogP contribution in [0, 0.1) is 6.92 Å². The van der Waals surface area contributed by atoms with Crippen molar-refractivity contribution in [2.75, 3.05) is 0 Å². The first-order valence-electron chi connectivity index (χ1n) is 7.62. The molecule has 1 atom stereocenters. The lowest BCUT2D eigenvalue weighted by atomic mass is 10.1. The molecule has 0 amide bonds. The van der Waals surface area contributed by atoms with Crippen molar-refractivity contribution in [1.82, 2.24) is 10.3 Å². The summed E-state index contributed by atoms with van der Waals surface area (Å²) in [5, 5.41) is 7.46. The monoisotopic (exact) mass is 342 g/mol. The molecule has 0 radical (unpaired) electrons. The number of thiazole rings is 1. The van der Waals surface area contributed by atoms with Crippen LogP contribution in [0.2, 0.25) is 5.02 Å². The molecule has 1 unspecified atom stereocenters. The number of aromatic nitrogens is 1. The smallest absolute Gasteiger partial charge is 0.123 e. The van der Waals surface area contributed by atoms with Gasteiger partial charge in [-0.25, -0.2) is 4.98 Å². The standard InChI is InChI=1S/C19H19ClN2S/c1-13-6-8-15(9-7-13)19-22-18(12-23-19)11-21-14(2)16-4-3-5-17(20)10-16/h3-10,12,14,21H,11H2,1-2H3. The Morgan fingerprint density at radius 1 is 1.17 bits per heavy atom. The van der Waals surface area contributed by atoms with Crippen molar-refractivity contribution in [2.45, 2.75) is 26.4 Å². The zero-order valence-corrected chi connectivity index (χ0v) is 14.8. The SMILES string of the molecule is Cc1ccc(-c2nc(CNC(C)c3cccc(Cl)c3)cs2)cc1. The Balaban J connectivity index is 1.64. The largest absolute Gasteiger partial charge is 0.305 e. The van der Waals surface area contributed by atoms with Crippen LogP contribution in [0.5, 0.6) is 0 Å². The number of benzene rings is 2. The predicted molar refractivity (Wildman–Crippen MR) is 99.0 cm³/mol. The third-order valence-corrected chi connectivity index (χ3v) is 4.96. The lowest BCUT2D eigenvalue weighted by Gasteiger charge is -2.13. The number of rotatable bonds is 5. The molecule has 0 aliphatic carbocycles. The lowest BCUT2D eigenvalue weighted by Crippen LogP contribution is -2.18. The molecule has 0 aliphatic rings. The molecule has 118 valence electrons.